The van der Waals surface area contributed by atoms with Gasteiger partial charge in [0.05, 0.1) is 11.4 Å². The molecule has 132 valence electrons. The van der Waals surface area contributed by atoms with Crippen LogP contribution in [0.3, 0.4) is 0 Å². The van der Waals surface area contributed by atoms with E-state index in [2.05, 4.69) is 15.6 Å². The van der Waals surface area contributed by atoms with E-state index in [1.807, 2.05) is 13.8 Å². The van der Waals surface area contributed by atoms with Crippen molar-refractivity contribution in [3.8, 4) is 0 Å². The highest BCUT2D eigenvalue weighted by atomic mass is 32.1. The molecule has 25 heavy (non-hydrogen) atoms. The van der Waals surface area contributed by atoms with Crippen molar-refractivity contribution in [2.75, 3.05) is 11.9 Å². The fourth-order valence-electron chi connectivity index (χ4n) is 1.94. The second-order valence-electron chi connectivity index (χ2n) is 5.66. The first-order valence-corrected chi connectivity index (χ1v) is 8.61. The molecule has 0 fully saturated rings. The molecule has 0 aliphatic carbocycles. The second-order valence-corrected chi connectivity index (χ2v) is 6.55. The van der Waals surface area contributed by atoms with E-state index < -0.39 is 5.97 Å². The normalized spacial score (nSPS) is 10.5. The molecule has 2 aromatic rings. The predicted octanol–water partition coefficient (Wildman–Crippen LogP) is 2.72. The predicted molar refractivity (Wildman–Crippen MR) is 95.2 cm³/mol. The molecule has 1 heterocycles. The maximum Gasteiger partial charge on any atom is 0.305 e. The van der Waals surface area contributed by atoms with Gasteiger partial charge in [-0.2, -0.15) is 0 Å². The van der Waals surface area contributed by atoms with E-state index in [-0.39, 0.29) is 30.7 Å². The number of carboxylic acids is 1. The van der Waals surface area contributed by atoms with E-state index in [9.17, 15) is 14.4 Å². The number of hydrogen-bond donors (Lipinski definition) is 3. The summed E-state index contributed by atoms with van der Waals surface area (Å²) >= 11 is 1.45. The summed E-state index contributed by atoms with van der Waals surface area (Å²) in [6.07, 6.45) is -0.133. The van der Waals surface area contributed by atoms with Gasteiger partial charge in [-0.05, 0) is 24.3 Å². The number of amides is 2. The Bertz CT molecular complexity index is 768. The first-order valence-electron chi connectivity index (χ1n) is 7.73. The van der Waals surface area contributed by atoms with Gasteiger partial charge in [0.2, 0.25) is 0 Å². The number of carboxylic acid groups (broad SMARTS) is 1. The van der Waals surface area contributed by atoms with Crippen LogP contribution >= 0.6 is 11.3 Å². The molecule has 0 spiro atoms. The van der Waals surface area contributed by atoms with Crippen molar-refractivity contribution >= 4 is 34.8 Å². The Hall–Kier alpha value is -2.74. The van der Waals surface area contributed by atoms with Gasteiger partial charge in [0.25, 0.3) is 11.8 Å². The number of aliphatic carboxylic acids is 1. The van der Waals surface area contributed by atoms with Crippen LogP contribution in [0.15, 0.2) is 29.6 Å². The summed E-state index contributed by atoms with van der Waals surface area (Å²) in [6, 6.07) is 6.35. The van der Waals surface area contributed by atoms with Crippen molar-refractivity contribution in [2.45, 2.75) is 26.2 Å². The van der Waals surface area contributed by atoms with Gasteiger partial charge in [0, 0.05) is 29.1 Å². The van der Waals surface area contributed by atoms with Gasteiger partial charge in [-0.1, -0.05) is 13.8 Å². The van der Waals surface area contributed by atoms with Crippen LogP contribution in [0, 0.1) is 0 Å². The van der Waals surface area contributed by atoms with Crippen LogP contribution in [0.4, 0.5) is 5.69 Å². The third-order valence-electron chi connectivity index (χ3n) is 3.28. The van der Waals surface area contributed by atoms with Gasteiger partial charge in [0.15, 0.2) is 0 Å². The topological polar surface area (TPSA) is 108 Å². The number of nitrogens with one attached hydrogen (secondary N) is 2. The lowest BCUT2D eigenvalue weighted by atomic mass is 10.2. The number of carbonyl (C=O) groups is 3. The molecule has 0 radical (unpaired) electrons. The van der Waals surface area contributed by atoms with Crippen LogP contribution < -0.4 is 10.6 Å². The van der Waals surface area contributed by atoms with E-state index in [1.54, 1.807) is 29.6 Å². The summed E-state index contributed by atoms with van der Waals surface area (Å²) in [4.78, 5) is 38.7. The first-order chi connectivity index (χ1) is 11.9. The standard InChI is InChI=1S/C17H19N3O4S/c1-10(2)17-20-13(9-25-17)16(24)19-12-5-3-11(4-6-12)15(23)18-8-7-14(21)22/h3-6,9-10H,7-8H2,1-2H3,(H,18,23)(H,19,24)(H,21,22). The van der Waals surface area contributed by atoms with Crippen LogP contribution in [0.25, 0.3) is 0 Å². The van der Waals surface area contributed by atoms with Crippen LogP contribution in [-0.2, 0) is 4.79 Å². The fraction of sp³-hybridized carbons (Fsp3) is 0.294. The quantitative estimate of drug-likeness (QED) is 0.703. The molecular formula is C17H19N3O4S. The van der Waals surface area contributed by atoms with Gasteiger partial charge in [-0.15, -0.1) is 11.3 Å². The number of thiazole rings is 1. The zero-order valence-electron chi connectivity index (χ0n) is 13.9. The average Bonchev–Trinajstić information content (AvgIpc) is 3.05. The van der Waals surface area contributed by atoms with Gasteiger partial charge in [0.1, 0.15) is 5.69 Å². The van der Waals surface area contributed by atoms with Crippen LogP contribution in [0.1, 0.15) is 52.0 Å². The second kappa shape index (κ2) is 8.39. The minimum absolute atomic E-state index is 0.0642. The summed E-state index contributed by atoms with van der Waals surface area (Å²) in [5, 5.41) is 16.4. The highest BCUT2D eigenvalue weighted by Gasteiger charge is 2.13. The van der Waals surface area contributed by atoms with Crippen molar-refractivity contribution in [3.05, 3.63) is 45.9 Å². The minimum Gasteiger partial charge on any atom is -0.481 e. The SMILES string of the molecule is CC(C)c1nc(C(=O)Nc2ccc(C(=O)NCCC(=O)O)cc2)cs1. The number of anilines is 1. The van der Waals surface area contributed by atoms with E-state index in [1.165, 1.54) is 11.3 Å². The molecule has 0 bridgehead atoms. The van der Waals surface area contributed by atoms with Gasteiger partial charge in [-0.25, -0.2) is 4.98 Å². The zero-order valence-corrected chi connectivity index (χ0v) is 14.7. The Labute approximate surface area is 149 Å². The molecule has 0 atom stereocenters. The zero-order chi connectivity index (χ0) is 18.4. The molecule has 1 aromatic carbocycles. The summed E-state index contributed by atoms with van der Waals surface area (Å²) < 4.78 is 0. The molecule has 8 heteroatoms. The van der Waals surface area contributed by atoms with Crippen LogP contribution in [0.2, 0.25) is 0 Å². The number of rotatable bonds is 7. The number of benzene rings is 1. The summed E-state index contributed by atoms with van der Waals surface area (Å²) in [5.41, 5.74) is 1.30. The fourth-order valence-corrected chi connectivity index (χ4v) is 2.76. The van der Waals surface area contributed by atoms with E-state index >= 15 is 0 Å². The molecule has 3 N–H and O–H groups in total. The van der Waals surface area contributed by atoms with Crippen LogP contribution in [-0.4, -0.2) is 34.4 Å². The maximum absolute atomic E-state index is 12.2. The molecule has 0 saturated heterocycles. The largest absolute Gasteiger partial charge is 0.481 e. The van der Waals surface area contributed by atoms with Gasteiger partial charge < -0.3 is 15.7 Å². The van der Waals surface area contributed by atoms with E-state index in [4.69, 9.17) is 5.11 Å². The number of carbonyl (C=O) groups excluding carboxylic acids is 2. The lowest BCUT2D eigenvalue weighted by Crippen LogP contribution is -2.25. The maximum atomic E-state index is 12.2. The first kappa shape index (κ1) is 18.6. The van der Waals surface area contributed by atoms with Crippen molar-refractivity contribution in [1.82, 2.24) is 10.3 Å². The molecular weight excluding hydrogens is 342 g/mol. The minimum atomic E-state index is -0.971. The molecule has 0 unspecified atom stereocenters. The number of hydrogen-bond acceptors (Lipinski definition) is 5. The molecule has 2 amide bonds. The van der Waals surface area contributed by atoms with E-state index in [0.29, 0.717) is 16.9 Å². The van der Waals surface area contributed by atoms with Gasteiger partial charge >= 0.3 is 5.97 Å². The summed E-state index contributed by atoms with van der Waals surface area (Å²) in [5.74, 6) is -1.37. The molecule has 7 nitrogen and oxygen atoms in total. The van der Waals surface area contributed by atoms with Crippen molar-refractivity contribution in [3.63, 3.8) is 0 Å². The number of aromatic nitrogens is 1. The highest BCUT2D eigenvalue weighted by Crippen LogP contribution is 2.20. The Kier molecular flexibility index (Phi) is 6.24. The monoisotopic (exact) mass is 361 g/mol. The van der Waals surface area contributed by atoms with Crippen molar-refractivity contribution < 1.29 is 19.5 Å². The Morgan fingerprint density at radius 2 is 1.84 bits per heavy atom. The number of nitrogens with zero attached hydrogens (tertiary/aromatic N) is 1. The molecule has 0 aliphatic heterocycles. The smallest absolute Gasteiger partial charge is 0.305 e. The Morgan fingerprint density at radius 1 is 1.16 bits per heavy atom. The molecule has 2 rings (SSSR count). The average molecular weight is 361 g/mol. The molecule has 0 saturated carbocycles. The van der Waals surface area contributed by atoms with E-state index in [0.717, 1.165) is 5.01 Å². The lowest BCUT2D eigenvalue weighted by Gasteiger charge is -2.06. The van der Waals surface area contributed by atoms with Crippen LogP contribution in [0.5, 0.6) is 0 Å². The highest BCUT2D eigenvalue weighted by molar-refractivity contribution is 7.09. The third-order valence-corrected chi connectivity index (χ3v) is 4.42. The third kappa shape index (κ3) is 5.39. The van der Waals surface area contributed by atoms with Crippen molar-refractivity contribution in [2.24, 2.45) is 0 Å². The molecule has 0 aliphatic rings. The molecule has 1 aromatic heterocycles. The lowest BCUT2D eigenvalue weighted by molar-refractivity contribution is -0.136. The van der Waals surface area contributed by atoms with Crippen molar-refractivity contribution in [1.29, 1.82) is 0 Å². The summed E-state index contributed by atoms with van der Waals surface area (Å²) in [6.45, 7) is 4.09. The van der Waals surface area contributed by atoms with Gasteiger partial charge in [-0.3, -0.25) is 14.4 Å². The Balaban J connectivity index is 1.94. The Morgan fingerprint density at radius 3 is 2.40 bits per heavy atom. The summed E-state index contributed by atoms with van der Waals surface area (Å²) in [7, 11) is 0.